The average Bonchev–Trinajstić information content (AvgIpc) is 2.34. The van der Waals surface area contributed by atoms with E-state index in [0.717, 1.165) is 5.56 Å². The van der Waals surface area contributed by atoms with E-state index in [9.17, 15) is 9.59 Å². The van der Waals surface area contributed by atoms with Crippen LogP contribution in [0, 0.1) is 12.8 Å². The topological polar surface area (TPSA) is 77.3 Å². The van der Waals surface area contributed by atoms with E-state index < -0.39 is 12.2 Å². The third-order valence-corrected chi connectivity index (χ3v) is 1.95. The predicted octanol–water partition coefficient (Wildman–Crippen LogP) is 3.74. The molecule has 0 atom stereocenters. The molecule has 0 bridgehead atoms. The Morgan fingerprint density at radius 1 is 1.21 bits per heavy atom. The van der Waals surface area contributed by atoms with Crippen molar-refractivity contribution >= 4 is 12.2 Å². The molecule has 0 N–H and O–H groups in total. The molecular formula is C13H16N2O4. The summed E-state index contributed by atoms with van der Waals surface area (Å²) in [5.74, 6) is 0.540. The zero-order valence-corrected chi connectivity index (χ0v) is 11.1. The first kappa shape index (κ1) is 14.8. The summed E-state index contributed by atoms with van der Waals surface area (Å²) in [6, 6.07) is 6.89. The lowest BCUT2D eigenvalue weighted by Crippen LogP contribution is -2.07. The summed E-state index contributed by atoms with van der Waals surface area (Å²) < 4.78 is 9.58. The van der Waals surface area contributed by atoms with Crippen LogP contribution in [0.25, 0.3) is 0 Å². The smallest absolute Gasteiger partial charge is 0.447 e. The van der Waals surface area contributed by atoms with Gasteiger partial charge in [-0.25, -0.2) is 9.59 Å². The highest BCUT2D eigenvalue weighted by molar-refractivity contribution is 5.74. The van der Waals surface area contributed by atoms with Gasteiger partial charge in [0.15, 0.2) is 0 Å². The van der Waals surface area contributed by atoms with Gasteiger partial charge in [0.25, 0.3) is 0 Å². The molecule has 0 fully saturated rings. The Morgan fingerprint density at radius 2 is 1.89 bits per heavy atom. The Hall–Kier alpha value is -2.24. The molecule has 0 saturated heterocycles. The molecule has 0 spiro atoms. The SMILES string of the molecule is Cc1cccc(OC(=O)N=NC(=O)OCC(C)C)c1. The van der Waals surface area contributed by atoms with E-state index in [1.165, 1.54) is 0 Å². The lowest BCUT2D eigenvalue weighted by molar-refractivity contribution is 0.141. The number of carbonyl (C=O) groups excluding carboxylic acids is 2. The van der Waals surface area contributed by atoms with E-state index in [0.29, 0.717) is 5.75 Å². The number of azo groups is 1. The summed E-state index contributed by atoms with van der Waals surface area (Å²) in [5, 5.41) is 6.22. The Bertz CT molecular complexity index is 483. The summed E-state index contributed by atoms with van der Waals surface area (Å²) in [7, 11) is 0. The van der Waals surface area contributed by atoms with Crippen molar-refractivity contribution in [3.8, 4) is 5.75 Å². The Balaban J connectivity index is 2.44. The zero-order chi connectivity index (χ0) is 14.3. The third kappa shape index (κ3) is 6.30. The fraction of sp³-hybridized carbons (Fsp3) is 0.385. The predicted molar refractivity (Wildman–Crippen MR) is 68.2 cm³/mol. The van der Waals surface area contributed by atoms with Gasteiger partial charge in [-0.2, -0.15) is 0 Å². The summed E-state index contributed by atoms with van der Waals surface area (Å²) in [6.07, 6.45) is -1.87. The molecule has 1 aromatic rings. The van der Waals surface area contributed by atoms with E-state index in [1.54, 1.807) is 18.2 Å². The van der Waals surface area contributed by atoms with Gasteiger partial charge in [0.05, 0.1) is 6.61 Å². The van der Waals surface area contributed by atoms with Gasteiger partial charge in [-0.3, -0.25) is 0 Å². The number of amides is 2. The number of hydrogen-bond donors (Lipinski definition) is 0. The molecular weight excluding hydrogens is 248 g/mol. The minimum absolute atomic E-state index is 0.193. The second-order valence-electron chi connectivity index (χ2n) is 4.36. The maximum absolute atomic E-state index is 11.3. The largest absolute Gasteiger partial charge is 0.458 e. The fourth-order valence-electron chi connectivity index (χ4n) is 1.15. The number of rotatable bonds is 3. The highest BCUT2D eigenvalue weighted by atomic mass is 16.6. The van der Waals surface area contributed by atoms with Gasteiger partial charge < -0.3 is 9.47 Å². The molecule has 1 aromatic carbocycles. The Labute approximate surface area is 111 Å². The lowest BCUT2D eigenvalue weighted by atomic mass is 10.2. The van der Waals surface area contributed by atoms with Gasteiger partial charge >= 0.3 is 12.2 Å². The Morgan fingerprint density at radius 3 is 2.53 bits per heavy atom. The standard InChI is InChI=1S/C13H16N2O4/c1-9(2)8-18-12(16)14-15-13(17)19-11-6-4-5-10(3)7-11/h4-7,9H,8H2,1-3H3. The second-order valence-corrected chi connectivity index (χ2v) is 4.36. The maximum Gasteiger partial charge on any atom is 0.458 e. The van der Waals surface area contributed by atoms with Crippen molar-refractivity contribution in [2.45, 2.75) is 20.8 Å². The summed E-state index contributed by atoms with van der Waals surface area (Å²) in [6.45, 7) is 5.86. The van der Waals surface area contributed by atoms with E-state index in [1.807, 2.05) is 26.8 Å². The van der Waals surface area contributed by atoms with Crippen LogP contribution in [-0.4, -0.2) is 18.8 Å². The molecule has 102 valence electrons. The van der Waals surface area contributed by atoms with Crippen LogP contribution in [0.4, 0.5) is 9.59 Å². The quantitative estimate of drug-likeness (QED) is 0.779. The van der Waals surface area contributed by atoms with Crippen LogP contribution in [0.3, 0.4) is 0 Å². The first-order valence-corrected chi connectivity index (χ1v) is 5.84. The molecule has 0 aromatic heterocycles. The van der Waals surface area contributed by atoms with Crippen molar-refractivity contribution in [2.75, 3.05) is 6.61 Å². The number of nitrogens with zero attached hydrogens (tertiary/aromatic N) is 2. The minimum atomic E-state index is -0.966. The molecule has 0 aliphatic heterocycles. The summed E-state index contributed by atoms with van der Waals surface area (Å²) >= 11 is 0. The molecule has 6 heteroatoms. The summed E-state index contributed by atoms with van der Waals surface area (Å²) in [5.41, 5.74) is 0.943. The van der Waals surface area contributed by atoms with Crippen LogP contribution in [0.1, 0.15) is 19.4 Å². The van der Waals surface area contributed by atoms with Crippen molar-refractivity contribution in [1.82, 2.24) is 0 Å². The molecule has 0 saturated carbocycles. The molecule has 0 aliphatic carbocycles. The van der Waals surface area contributed by atoms with Crippen LogP contribution in [0.15, 0.2) is 34.5 Å². The molecule has 0 heterocycles. The van der Waals surface area contributed by atoms with E-state index >= 15 is 0 Å². The molecule has 0 aliphatic rings. The van der Waals surface area contributed by atoms with Crippen LogP contribution < -0.4 is 4.74 Å². The molecule has 0 unspecified atom stereocenters. The van der Waals surface area contributed by atoms with Crippen LogP contribution in [-0.2, 0) is 4.74 Å². The molecule has 1 rings (SSSR count). The molecule has 0 radical (unpaired) electrons. The number of benzene rings is 1. The van der Waals surface area contributed by atoms with Crippen molar-refractivity contribution < 1.29 is 19.1 Å². The van der Waals surface area contributed by atoms with E-state index in [-0.39, 0.29) is 12.5 Å². The molecule has 2 amide bonds. The van der Waals surface area contributed by atoms with Crippen molar-refractivity contribution in [3.05, 3.63) is 29.8 Å². The van der Waals surface area contributed by atoms with Crippen molar-refractivity contribution in [1.29, 1.82) is 0 Å². The first-order valence-electron chi connectivity index (χ1n) is 5.84. The van der Waals surface area contributed by atoms with Gasteiger partial charge in [-0.05, 0) is 30.5 Å². The lowest BCUT2D eigenvalue weighted by Gasteiger charge is -2.02. The van der Waals surface area contributed by atoms with E-state index in [2.05, 4.69) is 10.2 Å². The number of ether oxygens (including phenoxy) is 2. The number of carbonyl (C=O) groups is 2. The van der Waals surface area contributed by atoms with Gasteiger partial charge in [-0.15, -0.1) is 0 Å². The first-order chi connectivity index (χ1) is 8.97. The monoisotopic (exact) mass is 264 g/mol. The third-order valence-electron chi connectivity index (χ3n) is 1.95. The maximum atomic E-state index is 11.3. The van der Waals surface area contributed by atoms with Gasteiger partial charge in [0.1, 0.15) is 5.75 Å². The van der Waals surface area contributed by atoms with Crippen molar-refractivity contribution in [2.24, 2.45) is 16.1 Å². The van der Waals surface area contributed by atoms with Crippen molar-refractivity contribution in [3.63, 3.8) is 0 Å². The molecule has 6 nitrogen and oxygen atoms in total. The second kappa shape index (κ2) is 7.25. The average molecular weight is 264 g/mol. The van der Waals surface area contributed by atoms with E-state index in [4.69, 9.17) is 9.47 Å². The minimum Gasteiger partial charge on any atom is -0.447 e. The van der Waals surface area contributed by atoms with Gasteiger partial charge in [0, 0.05) is 0 Å². The highest BCUT2D eigenvalue weighted by Gasteiger charge is 2.06. The normalized spacial score (nSPS) is 10.7. The fourth-order valence-corrected chi connectivity index (χ4v) is 1.15. The summed E-state index contributed by atoms with van der Waals surface area (Å²) in [4.78, 5) is 22.3. The van der Waals surface area contributed by atoms with Gasteiger partial charge in [-0.1, -0.05) is 36.2 Å². The zero-order valence-electron chi connectivity index (χ0n) is 11.1. The van der Waals surface area contributed by atoms with Crippen LogP contribution in [0.5, 0.6) is 5.75 Å². The van der Waals surface area contributed by atoms with Crippen LogP contribution >= 0.6 is 0 Å². The van der Waals surface area contributed by atoms with Gasteiger partial charge in [0.2, 0.25) is 0 Å². The molecule has 19 heavy (non-hydrogen) atoms. The number of aryl methyl sites for hydroxylation is 1. The highest BCUT2D eigenvalue weighted by Crippen LogP contribution is 2.13. The van der Waals surface area contributed by atoms with Crippen LogP contribution in [0.2, 0.25) is 0 Å². The number of hydrogen-bond acceptors (Lipinski definition) is 4. The Kier molecular flexibility index (Phi) is 5.66.